The van der Waals surface area contributed by atoms with Crippen molar-refractivity contribution in [2.75, 3.05) is 16.6 Å². The average molecular weight is 330 g/mol. The molecule has 0 atom stereocenters. The first-order valence-electron chi connectivity index (χ1n) is 6.11. The van der Waals surface area contributed by atoms with Gasteiger partial charge in [-0.2, -0.15) is 0 Å². The molecule has 5 nitrogen and oxygen atoms in total. The third-order valence-electron chi connectivity index (χ3n) is 2.60. The van der Waals surface area contributed by atoms with Gasteiger partial charge in [0.15, 0.2) is 0 Å². The maximum Gasteiger partial charge on any atom is 0.262 e. The molecule has 0 saturated carbocycles. The van der Waals surface area contributed by atoms with Crippen LogP contribution < -0.4 is 10.0 Å². The number of nitrogens with one attached hydrogen (secondary N) is 2. The summed E-state index contributed by atoms with van der Waals surface area (Å²) in [5.41, 5.74) is -0.277. The van der Waals surface area contributed by atoms with Crippen LogP contribution in [0.1, 0.15) is 6.92 Å². The molecule has 1 heterocycles. The Morgan fingerprint density at radius 3 is 2.76 bits per heavy atom. The molecule has 0 amide bonds. The third kappa shape index (κ3) is 3.62. The number of rotatable bonds is 5. The molecule has 2 aromatic rings. The van der Waals surface area contributed by atoms with Crippen LogP contribution >= 0.6 is 11.6 Å². The first kappa shape index (κ1) is 15.5. The SMILES string of the molecule is CCNc1cc(S(=O)(=O)Nc2c(F)cccc2Cl)ccn1. The monoisotopic (exact) mass is 329 g/mol. The van der Waals surface area contributed by atoms with Crippen LogP contribution in [-0.2, 0) is 10.0 Å². The Hall–Kier alpha value is -1.86. The van der Waals surface area contributed by atoms with Crippen molar-refractivity contribution in [2.24, 2.45) is 0 Å². The van der Waals surface area contributed by atoms with E-state index in [1.165, 1.54) is 30.5 Å². The van der Waals surface area contributed by atoms with Crippen LogP contribution in [0.4, 0.5) is 15.9 Å². The van der Waals surface area contributed by atoms with Crippen LogP contribution in [-0.4, -0.2) is 19.9 Å². The molecule has 0 aliphatic heterocycles. The van der Waals surface area contributed by atoms with E-state index in [9.17, 15) is 12.8 Å². The van der Waals surface area contributed by atoms with E-state index in [4.69, 9.17) is 11.6 Å². The van der Waals surface area contributed by atoms with Gasteiger partial charge in [-0.3, -0.25) is 4.72 Å². The number of para-hydroxylation sites is 1. The maximum absolute atomic E-state index is 13.7. The summed E-state index contributed by atoms with van der Waals surface area (Å²) in [4.78, 5) is 3.95. The molecule has 1 aromatic carbocycles. The number of hydrogen-bond acceptors (Lipinski definition) is 4. The summed E-state index contributed by atoms with van der Waals surface area (Å²) in [7, 11) is -3.95. The fraction of sp³-hybridized carbons (Fsp3) is 0.154. The fourth-order valence-corrected chi connectivity index (χ4v) is 3.01. The van der Waals surface area contributed by atoms with Gasteiger partial charge in [-0.1, -0.05) is 17.7 Å². The molecule has 112 valence electrons. The van der Waals surface area contributed by atoms with E-state index in [1.54, 1.807) is 0 Å². The van der Waals surface area contributed by atoms with Gasteiger partial charge >= 0.3 is 0 Å². The number of nitrogens with zero attached hydrogens (tertiary/aromatic N) is 1. The number of benzene rings is 1. The predicted octanol–water partition coefficient (Wildman–Crippen LogP) is 3.11. The van der Waals surface area contributed by atoms with Crippen LogP contribution in [0.15, 0.2) is 41.4 Å². The number of sulfonamides is 1. The molecule has 2 N–H and O–H groups in total. The van der Waals surface area contributed by atoms with Gasteiger partial charge in [-0.15, -0.1) is 0 Å². The van der Waals surface area contributed by atoms with Crippen LogP contribution in [0.25, 0.3) is 0 Å². The lowest BCUT2D eigenvalue weighted by molar-refractivity contribution is 0.598. The van der Waals surface area contributed by atoms with Crippen LogP contribution in [0.5, 0.6) is 0 Å². The van der Waals surface area contributed by atoms with Crippen LogP contribution in [0.2, 0.25) is 5.02 Å². The Labute approximate surface area is 127 Å². The molecule has 21 heavy (non-hydrogen) atoms. The molecule has 0 aliphatic carbocycles. The van der Waals surface area contributed by atoms with Crippen molar-refractivity contribution >= 4 is 33.1 Å². The van der Waals surface area contributed by atoms with Crippen molar-refractivity contribution in [3.05, 3.63) is 47.4 Å². The van der Waals surface area contributed by atoms with Gasteiger partial charge in [0.05, 0.1) is 9.92 Å². The molecule has 1 aromatic heterocycles. The minimum atomic E-state index is -3.95. The van der Waals surface area contributed by atoms with E-state index in [0.717, 1.165) is 6.07 Å². The molecule has 0 spiro atoms. The lowest BCUT2D eigenvalue weighted by atomic mass is 10.3. The van der Waals surface area contributed by atoms with Gasteiger partial charge in [0.25, 0.3) is 10.0 Å². The minimum Gasteiger partial charge on any atom is -0.370 e. The van der Waals surface area contributed by atoms with E-state index < -0.39 is 15.8 Å². The van der Waals surface area contributed by atoms with E-state index in [0.29, 0.717) is 12.4 Å². The quantitative estimate of drug-likeness (QED) is 0.884. The van der Waals surface area contributed by atoms with Crippen molar-refractivity contribution in [2.45, 2.75) is 11.8 Å². The predicted molar refractivity (Wildman–Crippen MR) is 80.6 cm³/mol. The second kappa shape index (κ2) is 6.28. The summed E-state index contributed by atoms with van der Waals surface area (Å²) in [6.07, 6.45) is 1.36. The van der Waals surface area contributed by atoms with Crippen molar-refractivity contribution in [3.63, 3.8) is 0 Å². The second-order valence-electron chi connectivity index (χ2n) is 4.11. The molecule has 8 heteroatoms. The Balaban J connectivity index is 2.36. The van der Waals surface area contributed by atoms with Crippen molar-refractivity contribution < 1.29 is 12.8 Å². The Morgan fingerprint density at radius 1 is 1.33 bits per heavy atom. The molecule has 0 aliphatic rings. The summed E-state index contributed by atoms with van der Waals surface area (Å²) in [6, 6.07) is 6.60. The van der Waals surface area contributed by atoms with Crippen molar-refractivity contribution in [3.8, 4) is 0 Å². The molecule has 0 bridgehead atoms. The Kier molecular flexibility index (Phi) is 4.64. The smallest absolute Gasteiger partial charge is 0.262 e. The van der Waals surface area contributed by atoms with Gasteiger partial charge in [0, 0.05) is 18.8 Å². The van der Waals surface area contributed by atoms with Gasteiger partial charge < -0.3 is 5.32 Å². The third-order valence-corrected chi connectivity index (χ3v) is 4.26. The maximum atomic E-state index is 13.7. The molecular weight excluding hydrogens is 317 g/mol. The highest BCUT2D eigenvalue weighted by Crippen LogP contribution is 2.27. The number of pyridine rings is 1. The fourth-order valence-electron chi connectivity index (χ4n) is 1.64. The standard InChI is InChI=1S/C13H13ClFN3O2S/c1-2-16-12-8-9(6-7-17-12)21(19,20)18-13-10(14)4-3-5-11(13)15/h3-8,18H,2H2,1H3,(H,16,17). The number of hydrogen-bond donors (Lipinski definition) is 2. The summed E-state index contributed by atoms with van der Waals surface area (Å²) in [5, 5.41) is 2.89. The molecule has 0 fully saturated rings. The van der Waals surface area contributed by atoms with E-state index in [2.05, 4.69) is 15.0 Å². The second-order valence-corrected chi connectivity index (χ2v) is 6.20. The van der Waals surface area contributed by atoms with E-state index >= 15 is 0 Å². The summed E-state index contributed by atoms with van der Waals surface area (Å²) in [6.45, 7) is 2.46. The number of aromatic nitrogens is 1. The zero-order valence-corrected chi connectivity index (χ0v) is 12.7. The molecule has 2 rings (SSSR count). The normalized spacial score (nSPS) is 11.2. The molecular formula is C13H13ClFN3O2S. The Morgan fingerprint density at radius 2 is 2.10 bits per heavy atom. The van der Waals surface area contributed by atoms with Crippen LogP contribution in [0, 0.1) is 5.82 Å². The van der Waals surface area contributed by atoms with Gasteiger partial charge in [-0.05, 0) is 25.1 Å². The largest absolute Gasteiger partial charge is 0.370 e. The number of anilines is 2. The van der Waals surface area contributed by atoms with Gasteiger partial charge in [-0.25, -0.2) is 17.8 Å². The van der Waals surface area contributed by atoms with Crippen LogP contribution in [0.3, 0.4) is 0 Å². The highest BCUT2D eigenvalue weighted by Gasteiger charge is 2.18. The minimum absolute atomic E-state index is 0.0143. The summed E-state index contributed by atoms with van der Waals surface area (Å²) >= 11 is 5.81. The van der Waals surface area contributed by atoms with Gasteiger partial charge in [0.2, 0.25) is 0 Å². The first-order valence-corrected chi connectivity index (χ1v) is 7.97. The van der Waals surface area contributed by atoms with E-state index in [-0.39, 0.29) is 15.6 Å². The Bertz CT molecular complexity index is 733. The van der Waals surface area contributed by atoms with E-state index in [1.807, 2.05) is 6.92 Å². The molecule has 0 unspecified atom stereocenters. The summed E-state index contributed by atoms with van der Waals surface area (Å²) < 4.78 is 40.4. The lowest BCUT2D eigenvalue weighted by Gasteiger charge is -2.11. The zero-order chi connectivity index (χ0) is 15.5. The van der Waals surface area contributed by atoms with Crippen molar-refractivity contribution in [1.82, 2.24) is 4.98 Å². The average Bonchev–Trinajstić information content (AvgIpc) is 2.44. The first-order chi connectivity index (χ1) is 9.94. The molecule has 0 radical (unpaired) electrons. The summed E-state index contributed by atoms with van der Waals surface area (Å²) in [5.74, 6) is -0.327. The highest BCUT2D eigenvalue weighted by molar-refractivity contribution is 7.92. The van der Waals surface area contributed by atoms with Crippen molar-refractivity contribution in [1.29, 1.82) is 0 Å². The zero-order valence-electron chi connectivity index (χ0n) is 11.1. The van der Waals surface area contributed by atoms with Gasteiger partial charge in [0.1, 0.15) is 17.3 Å². The number of halogens is 2. The highest BCUT2D eigenvalue weighted by atomic mass is 35.5. The topological polar surface area (TPSA) is 71.1 Å². The lowest BCUT2D eigenvalue weighted by Crippen LogP contribution is -2.15. The molecule has 0 saturated heterocycles.